The molecule has 1 aromatic rings. The maximum absolute atomic E-state index is 10.6. The Kier molecular flexibility index (Phi) is 6.64. The molecular formula is C13H20N2O3. The lowest BCUT2D eigenvalue weighted by Gasteiger charge is -2.09. The second-order valence-corrected chi connectivity index (χ2v) is 3.85. The highest BCUT2D eigenvalue weighted by Crippen LogP contribution is 2.19. The van der Waals surface area contributed by atoms with Crippen LogP contribution in [0.3, 0.4) is 0 Å². The summed E-state index contributed by atoms with van der Waals surface area (Å²) in [5.74, 6) is 1.21. The Labute approximate surface area is 107 Å². The highest BCUT2D eigenvalue weighted by atomic mass is 16.5. The molecule has 0 radical (unpaired) electrons. The fourth-order valence-corrected chi connectivity index (χ4v) is 1.36. The lowest BCUT2D eigenvalue weighted by molar-refractivity contribution is -0.118. The zero-order valence-corrected chi connectivity index (χ0v) is 10.6. The van der Waals surface area contributed by atoms with E-state index in [0.29, 0.717) is 26.1 Å². The van der Waals surface area contributed by atoms with Gasteiger partial charge in [-0.15, -0.1) is 0 Å². The van der Waals surface area contributed by atoms with Crippen molar-refractivity contribution >= 4 is 5.91 Å². The Morgan fingerprint density at radius 1 is 1.28 bits per heavy atom. The van der Waals surface area contributed by atoms with E-state index >= 15 is 0 Å². The van der Waals surface area contributed by atoms with Gasteiger partial charge in [-0.1, -0.05) is 6.07 Å². The van der Waals surface area contributed by atoms with Crippen LogP contribution in [0, 0.1) is 0 Å². The van der Waals surface area contributed by atoms with Crippen molar-refractivity contribution in [2.24, 2.45) is 5.73 Å². The largest absolute Gasteiger partial charge is 0.493 e. The first-order valence-corrected chi connectivity index (χ1v) is 6.01. The summed E-state index contributed by atoms with van der Waals surface area (Å²) in [6.45, 7) is 1.88. The number of ether oxygens (including phenoxy) is 2. The van der Waals surface area contributed by atoms with Crippen LogP contribution in [0.1, 0.15) is 12.8 Å². The Balaban J connectivity index is 2.32. The molecule has 1 aromatic carbocycles. The molecule has 0 aliphatic heterocycles. The van der Waals surface area contributed by atoms with Crippen LogP contribution in [0.25, 0.3) is 0 Å². The van der Waals surface area contributed by atoms with E-state index in [1.165, 1.54) is 0 Å². The Morgan fingerprint density at radius 2 is 1.94 bits per heavy atom. The third-order valence-electron chi connectivity index (χ3n) is 2.26. The third-order valence-corrected chi connectivity index (χ3v) is 2.26. The van der Waals surface area contributed by atoms with Gasteiger partial charge in [0.2, 0.25) is 5.91 Å². The maximum atomic E-state index is 10.6. The molecule has 0 aliphatic carbocycles. The molecule has 18 heavy (non-hydrogen) atoms. The molecule has 100 valence electrons. The van der Waals surface area contributed by atoms with E-state index in [1.54, 1.807) is 0 Å². The minimum absolute atomic E-state index is 0.303. The highest BCUT2D eigenvalue weighted by molar-refractivity contribution is 5.73. The van der Waals surface area contributed by atoms with Gasteiger partial charge in [0.1, 0.15) is 18.1 Å². The number of nitrogens with one attached hydrogen (secondary N) is 1. The monoisotopic (exact) mass is 252 g/mol. The number of hydrogen-bond acceptors (Lipinski definition) is 4. The predicted octanol–water partition coefficient (Wildman–Crippen LogP) is 0.929. The summed E-state index contributed by atoms with van der Waals surface area (Å²) in [4.78, 5) is 10.6. The first-order valence-electron chi connectivity index (χ1n) is 6.01. The number of likely N-dealkylation sites (N-methyl/N-ethyl adjacent to an activating group) is 1. The average Bonchev–Trinajstić information content (AvgIpc) is 2.35. The topological polar surface area (TPSA) is 73.6 Å². The SMILES string of the molecule is CNCCOc1cccc(OCCCC(N)=O)c1. The third kappa shape index (κ3) is 6.10. The van der Waals surface area contributed by atoms with Gasteiger partial charge < -0.3 is 20.5 Å². The number of rotatable bonds is 9. The number of nitrogens with two attached hydrogens (primary N) is 1. The van der Waals surface area contributed by atoms with Gasteiger partial charge in [-0.2, -0.15) is 0 Å². The molecule has 0 unspecified atom stereocenters. The van der Waals surface area contributed by atoms with Crippen molar-refractivity contribution < 1.29 is 14.3 Å². The van der Waals surface area contributed by atoms with Gasteiger partial charge in [0, 0.05) is 19.0 Å². The first kappa shape index (κ1) is 14.3. The average molecular weight is 252 g/mol. The van der Waals surface area contributed by atoms with Gasteiger partial charge in [0.25, 0.3) is 0 Å². The van der Waals surface area contributed by atoms with Gasteiger partial charge >= 0.3 is 0 Å². The van der Waals surface area contributed by atoms with Crippen molar-refractivity contribution in [3.63, 3.8) is 0 Å². The Hall–Kier alpha value is -1.75. The fraction of sp³-hybridized carbons (Fsp3) is 0.462. The second kappa shape index (κ2) is 8.36. The lowest BCUT2D eigenvalue weighted by Crippen LogP contribution is -2.15. The normalized spacial score (nSPS) is 10.1. The highest BCUT2D eigenvalue weighted by Gasteiger charge is 1.99. The molecule has 0 aromatic heterocycles. The molecule has 0 spiro atoms. The van der Waals surface area contributed by atoms with Crippen LogP contribution in [-0.2, 0) is 4.79 Å². The molecule has 0 heterocycles. The minimum Gasteiger partial charge on any atom is -0.493 e. The summed E-state index contributed by atoms with van der Waals surface area (Å²) in [5.41, 5.74) is 5.04. The quantitative estimate of drug-likeness (QED) is 0.641. The number of carbonyl (C=O) groups is 1. The molecule has 0 fully saturated rings. The van der Waals surface area contributed by atoms with Crippen LogP contribution in [0.5, 0.6) is 11.5 Å². The van der Waals surface area contributed by atoms with E-state index < -0.39 is 0 Å². The van der Waals surface area contributed by atoms with Gasteiger partial charge in [0.15, 0.2) is 0 Å². The summed E-state index contributed by atoms with van der Waals surface area (Å²) in [6.07, 6.45) is 0.971. The van der Waals surface area contributed by atoms with Gasteiger partial charge in [-0.05, 0) is 25.6 Å². The van der Waals surface area contributed by atoms with E-state index in [4.69, 9.17) is 15.2 Å². The summed E-state index contributed by atoms with van der Waals surface area (Å²) in [7, 11) is 1.88. The molecule has 0 aliphatic rings. The molecule has 0 bridgehead atoms. The summed E-state index contributed by atoms with van der Waals surface area (Å²) >= 11 is 0. The molecule has 0 atom stereocenters. The van der Waals surface area contributed by atoms with E-state index in [0.717, 1.165) is 18.0 Å². The van der Waals surface area contributed by atoms with Crippen LogP contribution in [0.4, 0.5) is 0 Å². The van der Waals surface area contributed by atoms with Crippen LogP contribution < -0.4 is 20.5 Å². The number of hydrogen-bond donors (Lipinski definition) is 2. The van der Waals surface area contributed by atoms with Gasteiger partial charge in [-0.25, -0.2) is 0 Å². The molecular weight excluding hydrogens is 232 g/mol. The van der Waals surface area contributed by atoms with Crippen molar-refractivity contribution in [1.29, 1.82) is 0 Å². The predicted molar refractivity (Wildman–Crippen MR) is 69.8 cm³/mol. The van der Waals surface area contributed by atoms with Crippen molar-refractivity contribution in [2.45, 2.75) is 12.8 Å². The van der Waals surface area contributed by atoms with Gasteiger partial charge in [-0.3, -0.25) is 4.79 Å². The number of carbonyl (C=O) groups excluding carboxylic acids is 1. The van der Waals surface area contributed by atoms with Gasteiger partial charge in [0.05, 0.1) is 6.61 Å². The lowest BCUT2D eigenvalue weighted by atomic mass is 10.3. The zero-order valence-electron chi connectivity index (χ0n) is 10.6. The second-order valence-electron chi connectivity index (χ2n) is 3.85. The van der Waals surface area contributed by atoms with E-state index in [-0.39, 0.29) is 5.91 Å². The van der Waals surface area contributed by atoms with Crippen LogP contribution in [0.2, 0.25) is 0 Å². The van der Waals surface area contributed by atoms with Crippen molar-refractivity contribution in [2.75, 3.05) is 26.8 Å². The molecule has 5 nitrogen and oxygen atoms in total. The van der Waals surface area contributed by atoms with Crippen molar-refractivity contribution in [1.82, 2.24) is 5.32 Å². The summed E-state index contributed by atoms with van der Waals surface area (Å²) < 4.78 is 11.0. The van der Waals surface area contributed by atoms with Crippen LogP contribution in [0.15, 0.2) is 24.3 Å². The minimum atomic E-state index is -0.303. The fourth-order valence-electron chi connectivity index (χ4n) is 1.36. The molecule has 0 saturated heterocycles. The molecule has 3 N–H and O–H groups in total. The number of primary amides is 1. The number of amides is 1. The Bertz CT molecular complexity index is 369. The first-order chi connectivity index (χ1) is 8.72. The smallest absolute Gasteiger partial charge is 0.217 e. The molecule has 5 heteroatoms. The molecule has 1 amide bonds. The summed E-state index contributed by atoms with van der Waals surface area (Å²) in [5, 5.41) is 3.01. The number of benzene rings is 1. The van der Waals surface area contributed by atoms with Crippen molar-refractivity contribution in [3.05, 3.63) is 24.3 Å². The van der Waals surface area contributed by atoms with E-state index in [1.807, 2.05) is 31.3 Å². The molecule has 0 saturated carbocycles. The van der Waals surface area contributed by atoms with E-state index in [2.05, 4.69) is 5.32 Å². The van der Waals surface area contributed by atoms with Crippen LogP contribution >= 0.6 is 0 Å². The zero-order chi connectivity index (χ0) is 13.2. The maximum Gasteiger partial charge on any atom is 0.217 e. The molecule has 1 rings (SSSR count). The van der Waals surface area contributed by atoms with Crippen LogP contribution in [-0.4, -0.2) is 32.7 Å². The Morgan fingerprint density at radius 3 is 2.56 bits per heavy atom. The standard InChI is InChI=1S/C13H20N2O3/c1-15-7-9-18-12-5-2-4-11(10-12)17-8-3-6-13(14)16/h2,4-5,10,15H,3,6-9H2,1H3,(H2,14,16). The van der Waals surface area contributed by atoms with Crippen molar-refractivity contribution in [3.8, 4) is 11.5 Å². The van der Waals surface area contributed by atoms with E-state index in [9.17, 15) is 4.79 Å². The summed E-state index contributed by atoms with van der Waals surface area (Å²) in [6, 6.07) is 7.44.